The number of aromatic amines is 1. The van der Waals surface area contributed by atoms with Crippen LogP contribution in [0.1, 0.15) is 45.1 Å². The highest BCUT2D eigenvalue weighted by molar-refractivity contribution is 6.33. The minimum absolute atomic E-state index is 0.00343. The van der Waals surface area contributed by atoms with Crippen molar-refractivity contribution in [3.05, 3.63) is 45.5 Å². The molecule has 2 heterocycles. The van der Waals surface area contributed by atoms with Crippen LogP contribution in [0.2, 0.25) is 5.02 Å². The van der Waals surface area contributed by atoms with Crippen LogP contribution in [0, 0.1) is 0 Å². The second kappa shape index (κ2) is 12.1. The van der Waals surface area contributed by atoms with E-state index in [2.05, 4.69) is 20.5 Å². The van der Waals surface area contributed by atoms with Crippen LogP contribution in [-0.2, 0) is 11.3 Å². The third-order valence-electron chi connectivity index (χ3n) is 4.47. The van der Waals surface area contributed by atoms with E-state index >= 15 is 0 Å². The summed E-state index contributed by atoms with van der Waals surface area (Å²) in [5, 5.41) is 9.40. The molecule has 158 valence electrons. The quantitative estimate of drug-likeness (QED) is 0.510. The van der Waals surface area contributed by atoms with Gasteiger partial charge in [0.15, 0.2) is 0 Å². The Morgan fingerprint density at radius 2 is 2.07 bits per heavy atom. The fourth-order valence-electron chi connectivity index (χ4n) is 2.82. The van der Waals surface area contributed by atoms with Gasteiger partial charge in [-0.25, -0.2) is 5.10 Å². The van der Waals surface area contributed by atoms with Gasteiger partial charge in [-0.1, -0.05) is 17.7 Å². The molecule has 0 bridgehead atoms. The van der Waals surface area contributed by atoms with Crippen molar-refractivity contribution in [3.63, 3.8) is 0 Å². The van der Waals surface area contributed by atoms with E-state index in [-0.39, 0.29) is 16.8 Å². The predicted molar refractivity (Wildman–Crippen MR) is 113 cm³/mol. The lowest BCUT2D eigenvalue weighted by atomic mass is 10.2. The Hall–Kier alpha value is -2.61. The summed E-state index contributed by atoms with van der Waals surface area (Å²) in [6, 6.07) is 3.74. The zero-order chi connectivity index (χ0) is 21.1. The number of amides is 1. The molecule has 1 amide bonds. The van der Waals surface area contributed by atoms with Crippen LogP contribution in [0.4, 0.5) is 5.69 Å². The molecule has 0 aliphatic carbocycles. The molecule has 0 unspecified atom stereocenters. The lowest BCUT2D eigenvalue weighted by Crippen LogP contribution is -2.30. The first kappa shape index (κ1) is 22.7. The van der Waals surface area contributed by atoms with Crippen molar-refractivity contribution in [1.82, 2.24) is 20.1 Å². The first-order valence-corrected chi connectivity index (χ1v) is 10.3. The van der Waals surface area contributed by atoms with Crippen molar-refractivity contribution in [2.45, 2.75) is 46.1 Å². The molecule has 0 radical (unpaired) electrons. The van der Waals surface area contributed by atoms with Crippen molar-refractivity contribution in [3.8, 4) is 5.88 Å². The maximum absolute atomic E-state index is 12.0. The molecule has 0 aromatic carbocycles. The van der Waals surface area contributed by atoms with Crippen LogP contribution in [0.15, 0.2) is 29.3 Å². The number of halogens is 1. The number of nitrogens with one attached hydrogen (secondary N) is 2. The molecule has 2 N–H and O–H groups in total. The molecule has 0 saturated heterocycles. The molecule has 2 aromatic rings. The van der Waals surface area contributed by atoms with Crippen LogP contribution < -0.4 is 15.6 Å². The summed E-state index contributed by atoms with van der Waals surface area (Å²) < 4.78 is 5.72. The third kappa shape index (κ3) is 7.05. The molecule has 0 aliphatic rings. The van der Waals surface area contributed by atoms with Crippen LogP contribution in [0.3, 0.4) is 0 Å². The fourth-order valence-corrected chi connectivity index (χ4v) is 3.01. The number of hydrogen-bond donors (Lipinski definition) is 2. The maximum Gasteiger partial charge on any atom is 0.285 e. The molecule has 29 heavy (non-hydrogen) atoms. The summed E-state index contributed by atoms with van der Waals surface area (Å²) in [7, 11) is 0. The van der Waals surface area contributed by atoms with Gasteiger partial charge in [0, 0.05) is 38.4 Å². The van der Waals surface area contributed by atoms with Crippen molar-refractivity contribution in [1.29, 1.82) is 0 Å². The topological polar surface area (TPSA) is 100 Å². The summed E-state index contributed by atoms with van der Waals surface area (Å²) in [4.78, 5) is 29.7. The van der Waals surface area contributed by atoms with E-state index in [1.165, 1.54) is 0 Å². The second-order valence-electron chi connectivity index (χ2n) is 6.49. The van der Waals surface area contributed by atoms with Gasteiger partial charge >= 0.3 is 0 Å². The van der Waals surface area contributed by atoms with Gasteiger partial charge in [-0.15, -0.1) is 5.10 Å². The highest BCUT2D eigenvalue weighted by Crippen LogP contribution is 2.27. The normalized spacial score (nSPS) is 10.6. The zero-order valence-corrected chi connectivity index (χ0v) is 17.7. The van der Waals surface area contributed by atoms with E-state index in [0.29, 0.717) is 25.3 Å². The van der Waals surface area contributed by atoms with Gasteiger partial charge in [0.1, 0.15) is 10.7 Å². The number of hydrogen-bond acceptors (Lipinski definition) is 6. The Bertz CT molecular complexity index is 825. The van der Waals surface area contributed by atoms with E-state index in [4.69, 9.17) is 16.3 Å². The average Bonchev–Trinajstić information content (AvgIpc) is 2.74. The number of pyridine rings is 1. The standard InChI is InChI=1S/C20H28ClN5O3/c1-3-26(4-2)16(27)10-6-5-7-12-29-20-18(17(21)19(28)24-25-20)23-14-15-9-8-11-22-13-15/h8-9,11,13H,3-7,10,12,14H2,1-2H3,(H2,23,24,28). The number of rotatable bonds is 12. The van der Waals surface area contributed by atoms with Crippen LogP contribution >= 0.6 is 11.6 Å². The fraction of sp³-hybridized carbons (Fsp3) is 0.500. The van der Waals surface area contributed by atoms with Crippen molar-refractivity contribution >= 4 is 23.2 Å². The summed E-state index contributed by atoms with van der Waals surface area (Å²) in [6.07, 6.45) is 6.40. The summed E-state index contributed by atoms with van der Waals surface area (Å²) in [5.74, 6) is 0.435. The Balaban J connectivity index is 1.83. The van der Waals surface area contributed by atoms with Crippen molar-refractivity contribution in [2.75, 3.05) is 25.0 Å². The molecule has 0 fully saturated rings. The number of carbonyl (C=O) groups excluding carboxylic acids is 1. The number of unbranched alkanes of at least 4 members (excludes halogenated alkanes) is 2. The van der Waals surface area contributed by atoms with E-state index in [1.807, 2.05) is 30.9 Å². The smallest absolute Gasteiger partial charge is 0.285 e. The van der Waals surface area contributed by atoms with Gasteiger partial charge in [-0.2, -0.15) is 0 Å². The van der Waals surface area contributed by atoms with Gasteiger partial charge in [0.2, 0.25) is 5.91 Å². The average molecular weight is 422 g/mol. The summed E-state index contributed by atoms with van der Waals surface area (Å²) >= 11 is 6.14. The first-order chi connectivity index (χ1) is 14.1. The van der Waals surface area contributed by atoms with Gasteiger partial charge in [-0.3, -0.25) is 14.6 Å². The van der Waals surface area contributed by atoms with Gasteiger partial charge in [-0.05, 0) is 44.7 Å². The lowest BCUT2D eigenvalue weighted by Gasteiger charge is -2.18. The Kier molecular flexibility index (Phi) is 9.43. The number of carbonyl (C=O) groups is 1. The minimum atomic E-state index is -0.484. The van der Waals surface area contributed by atoms with Gasteiger partial charge in [0.05, 0.1) is 6.61 Å². The molecule has 0 aliphatic heterocycles. The number of aromatic nitrogens is 3. The monoisotopic (exact) mass is 421 g/mol. The SMILES string of the molecule is CCN(CC)C(=O)CCCCCOc1n[nH]c(=O)c(Cl)c1NCc1cccnc1. The third-order valence-corrected chi connectivity index (χ3v) is 4.83. The Labute approximate surface area is 175 Å². The van der Waals surface area contributed by atoms with E-state index < -0.39 is 5.56 Å². The van der Waals surface area contributed by atoms with Crippen LogP contribution in [-0.4, -0.2) is 45.7 Å². The van der Waals surface area contributed by atoms with Crippen LogP contribution in [0.5, 0.6) is 5.88 Å². The van der Waals surface area contributed by atoms with Crippen molar-refractivity contribution < 1.29 is 9.53 Å². The number of ether oxygens (including phenoxy) is 1. The molecule has 8 nitrogen and oxygen atoms in total. The van der Waals surface area contributed by atoms with E-state index in [0.717, 1.165) is 37.9 Å². The van der Waals surface area contributed by atoms with Crippen molar-refractivity contribution in [2.24, 2.45) is 0 Å². The molecular weight excluding hydrogens is 394 g/mol. The number of nitrogens with zero attached hydrogens (tertiary/aromatic N) is 3. The Morgan fingerprint density at radius 3 is 2.76 bits per heavy atom. The molecule has 2 aromatic heterocycles. The van der Waals surface area contributed by atoms with Crippen LogP contribution in [0.25, 0.3) is 0 Å². The molecule has 2 rings (SSSR count). The summed E-state index contributed by atoms with van der Waals surface area (Å²) in [5.41, 5.74) is 0.811. The van der Waals surface area contributed by atoms with E-state index in [9.17, 15) is 9.59 Å². The minimum Gasteiger partial charge on any atom is -0.475 e. The van der Waals surface area contributed by atoms with E-state index in [1.54, 1.807) is 12.4 Å². The molecular formula is C20H28ClN5O3. The maximum atomic E-state index is 12.0. The second-order valence-corrected chi connectivity index (χ2v) is 6.86. The molecule has 0 atom stereocenters. The molecule has 0 spiro atoms. The largest absolute Gasteiger partial charge is 0.475 e. The van der Waals surface area contributed by atoms with Gasteiger partial charge in [0.25, 0.3) is 11.4 Å². The Morgan fingerprint density at radius 1 is 1.28 bits per heavy atom. The highest BCUT2D eigenvalue weighted by Gasteiger charge is 2.14. The van der Waals surface area contributed by atoms with Gasteiger partial charge < -0.3 is 15.0 Å². The first-order valence-electron chi connectivity index (χ1n) is 9.88. The lowest BCUT2D eigenvalue weighted by molar-refractivity contribution is -0.130. The predicted octanol–water partition coefficient (Wildman–Crippen LogP) is 3.24. The number of anilines is 1. The zero-order valence-electron chi connectivity index (χ0n) is 16.9. The summed E-state index contributed by atoms with van der Waals surface area (Å²) in [6.45, 7) is 6.30. The molecule has 0 saturated carbocycles. The number of H-pyrrole nitrogens is 1. The molecule has 9 heteroatoms. The highest BCUT2D eigenvalue weighted by atomic mass is 35.5.